The van der Waals surface area contributed by atoms with Gasteiger partial charge in [-0.1, -0.05) is 80.9 Å². The molecule has 0 radical (unpaired) electrons. The Labute approximate surface area is 234 Å². The number of Topliss-reactive ketones (excluding diaryl/α,β-unsaturated/α-hetero) is 3. The van der Waals surface area contributed by atoms with Crippen LogP contribution in [-0.4, -0.2) is 29.4 Å². The normalized spacial score (nSPS) is 22.9. The number of ketones is 3. The quantitative estimate of drug-likeness (QED) is 0.305. The van der Waals surface area contributed by atoms with Gasteiger partial charge >= 0.3 is 6.18 Å². The van der Waals surface area contributed by atoms with Crippen LogP contribution in [0.1, 0.15) is 64.1 Å². The molecule has 3 atom stereocenters. The molecule has 0 amide bonds. The minimum Gasteiger partial charge on any atom is -0.352 e. The predicted octanol–water partition coefficient (Wildman–Crippen LogP) is 7.41. The predicted molar refractivity (Wildman–Crippen MR) is 147 cm³/mol. The molecule has 0 aromatic heterocycles. The second-order valence-electron chi connectivity index (χ2n) is 11.6. The molecule has 3 aliphatic rings. The SMILES string of the molecule is CC(C)(C)C(=O)[C@H]1[C@H](c2ccc(C(F)(F)F)cc2)C2(C(=O)c3ccccc3C2=O)[C@H]2C=Cc3cc(Cl)ccc3N12. The van der Waals surface area contributed by atoms with Gasteiger partial charge in [0.05, 0.1) is 17.6 Å². The van der Waals surface area contributed by atoms with Crippen molar-refractivity contribution in [3.05, 3.63) is 106 Å². The van der Waals surface area contributed by atoms with Gasteiger partial charge in [-0.2, -0.15) is 13.2 Å². The number of halogens is 4. The van der Waals surface area contributed by atoms with Crippen molar-refractivity contribution in [2.45, 2.75) is 44.9 Å². The summed E-state index contributed by atoms with van der Waals surface area (Å²) in [5.74, 6) is -2.14. The molecule has 40 heavy (non-hydrogen) atoms. The molecule has 1 saturated heterocycles. The third kappa shape index (κ3) is 3.56. The molecule has 2 aliphatic heterocycles. The Balaban J connectivity index is 1.67. The first kappa shape index (κ1) is 26.5. The summed E-state index contributed by atoms with van der Waals surface area (Å²) in [7, 11) is 0. The lowest BCUT2D eigenvalue weighted by atomic mass is 9.63. The summed E-state index contributed by atoms with van der Waals surface area (Å²) < 4.78 is 40.5. The number of rotatable bonds is 2. The summed E-state index contributed by atoms with van der Waals surface area (Å²) in [6.07, 6.45) is -1.02. The van der Waals surface area contributed by atoms with Gasteiger partial charge in [-0.3, -0.25) is 14.4 Å². The van der Waals surface area contributed by atoms with E-state index in [1.807, 2.05) is 4.90 Å². The number of nitrogens with zero attached hydrogens (tertiary/aromatic N) is 1. The number of alkyl halides is 3. The number of carbonyl (C=O) groups excluding carboxylic acids is 3. The van der Waals surface area contributed by atoms with E-state index in [0.29, 0.717) is 21.8 Å². The highest BCUT2D eigenvalue weighted by Crippen LogP contribution is 2.61. The molecule has 3 aromatic rings. The lowest BCUT2D eigenvalue weighted by Gasteiger charge is -2.38. The summed E-state index contributed by atoms with van der Waals surface area (Å²) in [5, 5.41) is 0.481. The van der Waals surface area contributed by atoms with Crippen LogP contribution >= 0.6 is 11.6 Å². The number of hydrogen-bond donors (Lipinski definition) is 0. The Bertz CT molecular complexity index is 1580. The molecule has 0 saturated carbocycles. The monoisotopic (exact) mass is 563 g/mol. The molecule has 3 aromatic carbocycles. The van der Waals surface area contributed by atoms with Gasteiger partial charge in [0.25, 0.3) is 0 Å². The van der Waals surface area contributed by atoms with Crippen molar-refractivity contribution in [1.29, 1.82) is 0 Å². The van der Waals surface area contributed by atoms with Gasteiger partial charge in [-0.15, -0.1) is 0 Å². The van der Waals surface area contributed by atoms with E-state index >= 15 is 0 Å². The molecular formula is C32H25ClF3NO3. The third-order valence-electron chi connectivity index (χ3n) is 8.37. The summed E-state index contributed by atoms with van der Waals surface area (Å²) in [6, 6.07) is 14.3. The highest BCUT2D eigenvalue weighted by molar-refractivity contribution is 6.32. The molecule has 1 aliphatic carbocycles. The van der Waals surface area contributed by atoms with Crippen LogP contribution in [0.25, 0.3) is 6.08 Å². The highest BCUT2D eigenvalue weighted by atomic mass is 35.5. The average molecular weight is 564 g/mol. The van der Waals surface area contributed by atoms with Crippen LogP contribution in [0.3, 0.4) is 0 Å². The van der Waals surface area contributed by atoms with E-state index < -0.39 is 52.1 Å². The van der Waals surface area contributed by atoms with Gasteiger partial charge in [0.2, 0.25) is 0 Å². The zero-order valence-corrected chi connectivity index (χ0v) is 22.7. The molecule has 1 spiro atoms. The van der Waals surface area contributed by atoms with Gasteiger partial charge < -0.3 is 4.90 Å². The van der Waals surface area contributed by atoms with Gasteiger partial charge in [0.1, 0.15) is 5.41 Å². The fourth-order valence-electron chi connectivity index (χ4n) is 6.64. The number of anilines is 1. The Hall–Kier alpha value is -3.71. The Morgan fingerprint density at radius 1 is 0.900 bits per heavy atom. The second-order valence-corrected chi connectivity index (χ2v) is 12.1. The largest absolute Gasteiger partial charge is 0.416 e. The number of hydrogen-bond acceptors (Lipinski definition) is 4. The van der Waals surface area contributed by atoms with Crippen molar-refractivity contribution in [2.24, 2.45) is 10.8 Å². The first-order chi connectivity index (χ1) is 18.8. The second kappa shape index (κ2) is 8.64. The standard InChI is InChI=1S/C32H25ClF3NO3/c1-30(2,3)29(40)26-25(17-8-11-19(12-9-17)32(34,35)36)31(27(38)21-6-4-5-7-22(21)28(31)39)24-15-10-18-16-20(33)13-14-23(18)37(24)26/h4-16,24-26H,1-3H3/t24-,25+,26-/m1/s1. The minimum absolute atomic E-state index is 0.230. The molecule has 4 nitrogen and oxygen atoms in total. The van der Waals surface area contributed by atoms with E-state index in [2.05, 4.69) is 0 Å². The lowest BCUT2D eigenvalue weighted by molar-refractivity contribution is -0.137. The summed E-state index contributed by atoms with van der Waals surface area (Å²) >= 11 is 6.28. The average Bonchev–Trinajstić information content (AvgIpc) is 3.33. The molecule has 2 heterocycles. The van der Waals surface area contributed by atoms with Crippen molar-refractivity contribution in [3.63, 3.8) is 0 Å². The van der Waals surface area contributed by atoms with Gasteiger partial charge in [0.15, 0.2) is 17.3 Å². The molecule has 8 heteroatoms. The summed E-state index contributed by atoms with van der Waals surface area (Å²) in [6.45, 7) is 5.28. The smallest absolute Gasteiger partial charge is 0.352 e. The zero-order chi connectivity index (χ0) is 28.8. The number of benzene rings is 3. The van der Waals surface area contributed by atoms with Crippen LogP contribution in [0.5, 0.6) is 0 Å². The molecule has 0 N–H and O–H groups in total. The Morgan fingerprint density at radius 2 is 1.50 bits per heavy atom. The van der Waals surface area contributed by atoms with Crippen molar-refractivity contribution in [2.75, 3.05) is 4.90 Å². The van der Waals surface area contributed by atoms with Crippen molar-refractivity contribution in [3.8, 4) is 0 Å². The molecule has 204 valence electrons. The van der Waals surface area contributed by atoms with E-state index in [1.165, 1.54) is 12.1 Å². The molecule has 6 rings (SSSR count). The van der Waals surface area contributed by atoms with Crippen LogP contribution in [0.15, 0.2) is 72.8 Å². The molecule has 0 bridgehead atoms. The molecule has 0 unspecified atom stereocenters. The van der Waals surface area contributed by atoms with Gasteiger partial charge in [-0.25, -0.2) is 0 Å². The summed E-state index contributed by atoms with van der Waals surface area (Å²) in [4.78, 5) is 45.1. The van der Waals surface area contributed by atoms with Gasteiger partial charge in [-0.05, 0) is 41.5 Å². The number of carbonyl (C=O) groups is 3. The molecular weight excluding hydrogens is 539 g/mol. The zero-order valence-electron chi connectivity index (χ0n) is 21.9. The first-order valence-corrected chi connectivity index (χ1v) is 13.3. The number of fused-ring (bicyclic) bond motifs is 5. The third-order valence-corrected chi connectivity index (χ3v) is 8.61. The first-order valence-electron chi connectivity index (χ1n) is 12.9. The van der Waals surface area contributed by atoms with E-state index in [-0.39, 0.29) is 16.9 Å². The van der Waals surface area contributed by atoms with Crippen LogP contribution in [0.4, 0.5) is 18.9 Å². The van der Waals surface area contributed by atoms with Crippen LogP contribution in [0, 0.1) is 10.8 Å². The minimum atomic E-state index is -4.57. The highest BCUT2D eigenvalue weighted by Gasteiger charge is 2.71. The fourth-order valence-corrected chi connectivity index (χ4v) is 6.82. The maximum atomic E-state index is 14.5. The van der Waals surface area contributed by atoms with E-state index in [1.54, 1.807) is 75.4 Å². The van der Waals surface area contributed by atoms with Crippen molar-refractivity contribution < 1.29 is 27.6 Å². The van der Waals surface area contributed by atoms with Crippen molar-refractivity contribution >= 4 is 40.7 Å². The Kier molecular flexibility index (Phi) is 5.73. The maximum absolute atomic E-state index is 14.5. The van der Waals surface area contributed by atoms with Crippen LogP contribution in [0.2, 0.25) is 5.02 Å². The maximum Gasteiger partial charge on any atom is 0.416 e. The Morgan fingerprint density at radius 3 is 2.05 bits per heavy atom. The van der Waals surface area contributed by atoms with E-state index in [4.69, 9.17) is 11.6 Å². The van der Waals surface area contributed by atoms with E-state index in [9.17, 15) is 27.6 Å². The topological polar surface area (TPSA) is 54.5 Å². The van der Waals surface area contributed by atoms with Gasteiger partial charge in [0, 0.05) is 33.2 Å². The fraction of sp³-hybridized carbons (Fsp3) is 0.281. The summed E-state index contributed by atoms with van der Waals surface area (Å²) in [5.41, 5.74) is -1.33. The van der Waals surface area contributed by atoms with Crippen LogP contribution < -0.4 is 4.90 Å². The van der Waals surface area contributed by atoms with E-state index in [0.717, 1.165) is 12.1 Å². The van der Waals surface area contributed by atoms with Crippen LogP contribution in [-0.2, 0) is 11.0 Å². The lowest BCUT2D eigenvalue weighted by Crippen LogP contribution is -2.49. The van der Waals surface area contributed by atoms with Crippen molar-refractivity contribution in [1.82, 2.24) is 0 Å². The molecule has 1 fully saturated rings.